The van der Waals surface area contributed by atoms with Crippen LogP contribution >= 0.6 is 0 Å². The van der Waals surface area contributed by atoms with Crippen molar-refractivity contribution in [3.63, 3.8) is 0 Å². The maximum atomic E-state index is 13.5. The van der Waals surface area contributed by atoms with E-state index in [2.05, 4.69) is 4.74 Å². The highest BCUT2D eigenvalue weighted by atomic mass is 19.1. The van der Waals surface area contributed by atoms with Crippen LogP contribution in [-0.2, 0) is 15.3 Å². The maximum absolute atomic E-state index is 13.5. The molecule has 19 heavy (non-hydrogen) atoms. The molecule has 0 saturated heterocycles. The summed E-state index contributed by atoms with van der Waals surface area (Å²) in [7, 11) is 0. The summed E-state index contributed by atoms with van der Waals surface area (Å²) in [6.45, 7) is 1.36. The fraction of sp³-hybridized carbons (Fsp3) is 0.333. The predicted molar refractivity (Wildman–Crippen MR) is 60.5 cm³/mol. The highest BCUT2D eigenvalue weighted by molar-refractivity contribution is 5.77. The first-order valence-electron chi connectivity index (χ1n) is 5.39. The first-order valence-corrected chi connectivity index (χ1v) is 5.39. The summed E-state index contributed by atoms with van der Waals surface area (Å²) in [5.41, 5.74) is -0.836. The van der Waals surface area contributed by atoms with Crippen LogP contribution in [0.15, 0.2) is 18.2 Å². The van der Waals surface area contributed by atoms with Gasteiger partial charge in [0.25, 0.3) is 0 Å². The Labute approximate surface area is 108 Å². The molecule has 0 amide bonds. The maximum Gasteiger partial charge on any atom is 0.341 e. The number of aliphatic hydroxyl groups excluding tert-OH is 1. The predicted octanol–water partition coefficient (Wildman–Crippen LogP) is -0.300. The van der Waals surface area contributed by atoms with Gasteiger partial charge < -0.3 is 20.1 Å². The molecule has 0 aromatic heterocycles. The Hall–Kier alpha value is -1.83. The van der Waals surface area contributed by atoms with Crippen LogP contribution in [0.2, 0.25) is 0 Å². The molecule has 0 saturated carbocycles. The average Bonchev–Trinajstić information content (AvgIpc) is 2.38. The first-order chi connectivity index (χ1) is 8.84. The van der Waals surface area contributed by atoms with Crippen LogP contribution in [0, 0.1) is 5.82 Å². The molecule has 0 radical (unpaired) electrons. The van der Waals surface area contributed by atoms with Crippen molar-refractivity contribution < 1.29 is 34.0 Å². The molecule has 1 unspecified atom stereocenters. The largest absolute Gasteiger partial charge is 0.464 e. The number of hydrogen-bond donors (Lipinski definition) is 3. The lowest BCUT2D eigenvalue weighted by atomic mass is 9.97. The van der Waals surface area contributed by atoms with Gasteiger partial charge in [0.15, 0.2) is 0 Å². The van der Waals surface area contributed by atoms with Gasteiger partial charge in [0.1, 0.15) is 12.1 Å². The van der Waals surface area contributed by atoms with E-state index in [9.17, 15) is 29.3 Å². The van der Waals surface area contributed by atoms with E-state index >= 15 is 0 Å². The zero-order chi connectivity index (χ0) is 14.6. The number of benzene rings is 1. The Bertz CT molecular complexity index is 485. The fourth-order valence-electron chi connectivity index (χ4n) is 1.43. The Morgan fingerprint density at radius 2 is 2.16 bits per heavy atom. The van der Waals surface area contributed by atoms with Crippen molar-refractivity contribution in [2.45, 2.75) is 18.8 Å². The number of aldehydes is 1. The quantitative estimate of drug-likeness (QED) is 0.386. The number of rotatable bonds is 5. The van der Waals surface area contributed by atoms with Crippen LogP contribution in [0.3, 0.4) is 0 Å². The van der Waals surface area contributed by atoms with E-state index in [0.29, 0.717) is 6.29 Å². The van der Waals surface area contributed by atoms with Gasteiger partial charge in [-0.1, -0.05) is 0 Å². The molecular formula is C12H13FO6. The van der Waals surface area contributed by atoms with Gasteiger partial charge in [-0.15, -0.1) is 0 Å². The van der Waals surface area contributed by atoms with Gasteiger partial charge in [0.2, 0.25) is 11.9 Å². The summed E-state index contributed by atoms with van der Waals surface area (Å²) in [5.74, 6) is -5.60. The molecule has 3 N–H and O–H groups in total. The molecular weight excluding hydrogens is 259 g/mol. The lowest BCUT2D eigenvalue weighted by molar-refractivity contribution is -0.241. The Morgan fingerprint density at radius 1 is 1.53 bits per heavy atom. The molecule has 0 aliphatic rings. The van der Waals surface area contributed by atoms with Crippen molar-refractivity contribution in [2.75, 3.05) is 6.61 Å². The molecule has 0 aliphatic heterocycles. The first kappa shape index (κ1) is 15.2. The summed E-state index contributed by atoms with van der Waals surface area (Å²) in [4.78, 5) is 21.8. The molecule has 0 spiro atoms. The number of halogens is 1. The van der Waals surface area contributed by atoms with Crippen LogP contribution in [-0.4, -0.2) is 40.3 Å². The Morgan fingerprint density at radius 3 is 2.68 bits per heavy atom. The van der Waals surface area contributed by atoms with E-state index in [4.69, 9.17) is 0 Å². The van der Waals surface area contributed by atoms with Crippen molar-refractivity contribution in [3.8, 4) is 0 Å². The van der Waals surface area contributed by atoms with Crippen LogP contribution in [0.1, 0.15) is 22.8 Å². The molecule has 1 aromatic rings. The normalized spacial score (nSPS) is 12.9. The Balaban J connectivity index is 3.18. The third kappa shape index (κ3) is 3.14. The zero-order valence-corrected chi connectivity index (χ0v) is 10.0. The summed E-state index contributed by atoms with van der Waals surface area (Å²) in [6.07, 6.45) is -2.04. The SMILES string of the molecule is CCOC(=O)C(O)C(O)(O)c1cc(C=O)ccc1F. The van der Waals surface area contributed by atoms with Gasteiger partial charge in [-0.25, -0.2) is 9.18 Å². The summed E-state index contributed by atoms with van der Waals surface area (Å²) in [6, 6.07) is 2.75. The molecule has 1 rings (SSSR count). The van der Waals surface area contributed by atoms with Gasteiger partial charge in [-0.2, -0.15) is 0 Å². The molecule has 7 heteroatoms. The van der Waals surface area contributed by atoms with E-state index in [0.717, 1.165) is 18.2 Å². The highest BCUT2D eigenvalue weighted by Crippen LogP contribution is 2.26. The van der Waals surface area contributed by atoms with E-state index < -0.39 is 29.2 Å². The van der Waals surface area contributed by atoms with E-state index in [-0.39, 0.29) is 12.2 Å². The van der Waals surface area contributed by atoms with Gasteiger partial charge in [0, 0.05) is 5.56 Å². The van der Waals surface area contributed by atoms with E-state index in [1.165, 1.54) is 6.92 Å². The van der Waals surface area contributed by atoms with Crippen molar-refractivity contribution >= 4 is 12.3 Å². The zero-order valence-electron chi connectivity index (χ0n) is 10.0. The third-order valence-electron chi connectivity index (χ3n) is 2.41. The number of carbonyl (C=O) groups is 2. The lowest BCUT2D eigenvalue weighted by Crippen LogP contribution is -2.46. The standard InChI is InChI=1S/C12H13FO6/c1-2-19-11(16)10(15)12(17,18)8-5-7(6-14)3-4-9(8)13/h3-6,10,15,17-18H,2H2,1H3. The molecule has 6 nitrogen and oxygen atoms in total. The summed E-state index contributed by atoms with van der Waals surface area (Å²) in [5, 5.41) is 28.9. The molecule has 1 atom stereocenters. The van der Waals surface area contributed by atoms with E-state index in [1.807, 2.05) is 0 Å². The minimum absolute atomic E-state index is 0.0417. The monoisotopic (exact) mass is 272 g/mol. The van der Waals surface area contributed by atoms with Gasteiger partial charge in [-0.05, 0) is 25.1 Å². The second-order valence-corrected chi connectivity index (χ2v) is 3.74. The molecule has 0 aliphatic carbocycles. The third-order valence-corrected chi connectivity index (χ3v) is 2.41. The average molecular weight is 272 g/mol. The van der Waals surface area contributed by atoms with Crippen molar-refractivity contribution in [1.82, 2.24) is 0 Å². The van der Waals surface area contributed by atoms with E-state index in [1.54, 1.807) is 0 Å². The molecule has 0 bridgehead atoms. The molecule has 0 fully saturated rings. The van der Waals surface area contributed by atoms with Gasteiger partial charge in [0.05, 0.1) is 12.2 Å². The van der Waals surface area contributed by atoms with Crippen molar-refractivity contribution in [1.29, 1.82) is 0 Å². The fourth-order valence-corrected chi connectivity index (χ4v) is 1.43. The number of aliphatic hydroxyl groups is 3. The molecule has 1 aromatic carbocycles. The van der Waals surface area contributed by atoms with Crippen molar-refractivity contribution in [2.24, 2.45) is 0 Å². The highest BCUT2D eigenvalue weighted by Gasteiger charge is 2.43. The van der Waals surface area contributed by atoms with Gasteiger partial charge in [-0.3, -0.25) is 4.79 Å². The van der Waals surface area contributed by atoms with Crippen LogP contribution in [0.5, 0.6) is 0 Å². The van der Waals surface area contributed by atoms with Crippen molar-refractivity contribution in [3.05, 3.63) is 35.1 Å². The number of ether oxygens (including phenoxy) is 1. The molecule has 0 heterocycles. The summed E-state index contributed by atoms with van der Waals surface area (Å²) < 4.78 is 17.9. The number of esters is 1. The van der Waals surface area contributed by atoms with Crippen LogP contribution in [0.4, 0.5) is 4.39 Å². The second-order valence-electron chi connectivity index (χ2n) is 3.74. The minimum Gasteiger partial charge on any atom is -0.464 e. The lowest BCUT2D eigenvalue weighted by Gasteiger charge is -2.26. The van der Waals surface area contributed by atoms with Crippen LogP contribution in [0.25, 0.3) is 0 Å². The number of carbonyl (C=O) groups excluding carboxylic acids is 2. The topological polar surface area (TPSA) is 104 Å². The van der Waals surface area contributed by atoms with Gasteiger partial charge >= 0.3 is 5.97 Å². The molecule has 104 valence electrons. The second kappa shape index (κ2) is 5.87. The summed E-state index contributed by atoms with van der Waals surface area (Å²) >= 11 is 0. The Kier molecular flexibility index (Phi) is 4.71. The number of hydrogen-bond acceptors (Lipinski definition) is 6. The minimum atomic E-state index is -3.20. The van der Waals surface area contributed by atoms with Crippen LogP contribution < -0.4 is 0 Å². The smallest absolute Gasteiger partial charge is 0.341 e.